The van der Waals surface area contributed by atoms with Crippen molar-refractivity contribution in [2.45, 2.75) is 10.6 Å². The Morgan fingerprint density at radius 2 is 1.50 bits per heavy atom. The summed E-state index contributed by atoms with van der Waals surface area (Å²) in [5, 5.41) is 0. The molecule has 2 N–H and O–H groups in total. The van der Waals surface area contributed by atoms with Crippen molar-refractivity contribution in [2.75, 3.05) is 9.44 Å². The Morgan fingerprint density at radius 3 is 2.11 bits per heavy atom. The number of pyridine rings is 1. The van der Waals surface area contributed by atoms with Crippen molar-refractivity contribution in [2.24, 2.45) is 0 Å². The SMILES string of the molecule is O=S(=O)(Cc1ccc(F)cc1)Nc1ccc(S(=O)(=O)Nc2cccnc2)cc1. The molecule has 28 heavy (non-hydrogen) atoms. The molecule has 146 valence electrons. The van der Waals surface area contributed by atoms with Gasteiger partial charge in [0.25, 0.3) is 10.0 Å². The minimum absolute atomic E-state index is 0.0298. The van der Waals surface area contributed by atoms with Crippen LogP contribution in [-0.2, 0) is 25.8 Å². The molecule has 0 aliphatic heterocycles. The highest BCUT2D eigenvalue weighted by Crippen LogP contribution is 2.19. The van der Waals surface area contributed by atoms with Gasteiger partial charge in [-0.25, -0.2) is 21.2 Å². The highest BCUT2D eigenvalue weighted by molar-refractivity contribution is 7.92. The number of hydrogen-bond donors (Lipinski definition) is 2. The van der Waals surface area contributed by atoms with Crippen LogP contribution >= 0.6 is 0 Å². The Kier molecular flexibility index (Phi) is 5.61. The van der Waals surface area contributed by atoms with Crippen LogP contribution in [0.1, 0.15) is 5.56 Å². The summed E-state index contributed by atoms with van der Waals surface area (Å²) in [4.78, 5) is 3.80. The van der Waals surface area contributed by atoms with Crippen LogP contribution in [0.5, 0.6) is 0 Å². The Morgan fingerprint density at radius 1 is 0.821 bits per heavy atom. The summed E-state index contributed by atoms with van der Waals surface area (Å²) in [5.41, 5.74) is 0.947. The highest BCUT2D eigenvalue weighted by Gasteiger charge is 2.16. The van der Waals surface area contributed by atoms with Gasteiger partial charge in [0, 0.05) is 11.9 Å². The Hall–Kier alpha value is -2.98. The lowest BCUT2D eigenvalue weighted by molar-refractivity contribution is 0.599. The van der Waals surface area contributed by atoms with E-state index in [1.165, 1.54) is 60.9 Å². The highest BCUT2D eigenvalue weighted by atomic mass is 32.2. The van der Waals surface area contributed by atoms with Gasteiger partial charge in [0.1, 0.15) is 5.82 Å². The van der Waals surface area contributed by atoms with Gasteiger partial charge in [-0.1, -0.05) is 12.1 Å². The van der Waals surface area contributed by atoms with Crippen molar-refractivity contribution >= 4 is 31.4 Å². The van der Waals surface area contributed by atoms with Gasteiger partial charge in [-0.3, -0.25) is 14.4 Å². The number of halogens is 1. The van der Waals surface area contributed by atoms with E-state index >= 15 is 0 Å². The van der Waals surface area contributed by atoms with E-state index in [0.29, 0.717) is 11.3 Å². The minimum Gasteiger partial charge on any atom is -0.283 e. The van der Waals surface area contributed by atoms with Crippen LogP contribution < -0.4 is 9.44 Å². The maximum atomic E-state index is 12.9. The van der Waals surface area contributed by atoms with E-state index in [2.05, 4.69) is 14.4 Å². The first kappa shape index (κ1) is 19.8. The van der Waals surface area contributed by atoms with Gasteiger partial charge >= 0.3 is 0 Å². The standard InChI is InChI=1S/C18H16FN3O4S2/c19-15-5-3-14(4-6-15)13-27(23,24)21-16-7-9-18(10-8-16)28(25,26)22-17-2-1-11-20-12-17/h1-12,21-22H,13H2. The molecule has 3 aromatic rings. The summed E-state index contributed by atoms with van der Waals surface area (Å²) in [5.74, 6) is -0.790. The molecule has 3 rings (SSSR count). The zero-order valence-electron chi connectivity index (χ0n) is 14.4. The molecule has 7 nitrogen and oxygen atoms in total. The van der Waals surface area contributed by atoms with E-state index in [1.807, 2.05) is 0 Å². The van der Waals surface area contributed by atoms with Crippen molar-refractivity contribution in [1.82, 2.24) is 4.98 Å². The van der Waals surface area contributed by atoms with Gasteiger partial charge in [0.05, 0.1) is 22.5 Å². The molecule has 0 aliphatic carbocycles. The first-order valence-electron chi connectivity index (χ1n) is 8.01. The molecule has 0 saturated heterocycles. The smallest absolute Gasteiger partial charge is 0.261 e. The molecule has 10 heteroatoms. The van der Waals surface area contributed by atoms with E-state index in [1.54, 1.807) is 12.1 Å². The number of hydrogen-bond acceptors (Lipinski definition) is 5. The van der Waals surface area contributed by atoms with Crippen molar-refractivity contribution in [3.05, 3.63) is 84.4 Å². The topological polar surface area (TPSA) is 105 Å². The molecule has 2 aromatic carbocycles. The predicted octanol–water partition coefficient (Wildman–Crippen LogP) is 2.96. The summed E-state index contributed by atoms with van der Waals surface area (Å²) in [6.07, 6.45) is 2.89. The lowest BCUT2D eigenvalue weighted by Crippen LogP contribution is -2.16. The summed E-state index contributed by atoms with van der Waals surface area (Å²) >= 11 is 0. The van der Waals surface area contributed by atoms with Crippen LogP contribution in [-0.4, -0.2) is 21.8 Å². The normalized spacial score (nSPS) is 11.8. The van der Waals surface area contributed by atoms with Crippen LogP contribution in [0.4, 0.5) is 15.8 Å². The summed E-state index contributed by atoms with van der Waals surface area (Å²) in [6.45, 7) is 0. The predicted molar refractivity (Wildman–Crippen MR) is 104 cm³/mol. The maximum absolute atomic E-state index is 12.9. The van der Waals surface area contributed by atoms with Crippen LogP contribution in [0.3, 0.4) is 0 Å². The molecule has 0 amide bonds. The molecule has 0 unspecified atom stereocenters. The third-order valence-corrected chi connectivity index (χ3v) is 6.28. The molecule has 0 spiro atoms. The van der Waals surface area contributed by atoms with E-state index in [-0.39, 0.29) is 16.3 Å². The second kappa shape index (κ2) is 7.95. The molecule has 1 heterocycles. The van der Waals surface area contributed by atoms with E-state index in [9.17, 15) is 21.2 Å². The number of sulfonamides is 2. The van der Waals surface area contributed by atoms with Crippen molar-refractivity contribution in [3.8, 4) is 0 Å². The maximum Gasteiger partial charge on any atom is 0.261 e. The molecule has 0 radical (unpaired) electrons. The number of nitrogens with zero attached hydrogens (tertiary/aromatic N) is 1. The van der Waals surface area contributed by atoms with E-state index in [4.69, 9.17) is 0 Å². The average Bonchev–Trinajstić information content (AvgIpc) is 2.64. The van der Waals surface area contributed by atoms with Crippen LogP contribution in [0, 0.1) is 5.82 Å². The molecule has 0 aliphatic rings. The average molecular weight is 421 g/mol. The molecule has 0 bridgehead atoms. The van der Waals surface area contributed by atoms with Crippen LogP contribution in [0.25, 0.3) is 0 Å². The number of anilines is 2. The van der Waals surface area contributed by atoms with Crippen molar-refractivity contribution in [3.63, 3.8) is 0 Å². The van der Waals surface area contributed by atoms with Crippen LogP contribution in [0.15, 0.2) is 78.0 Å². The first-order chi connectivity index (χ1) is 13.2. The fraction of sp³-hybridized carbons (Fsp3) is 0.0556. The molecular formula is C18H16FN3O4S2. The lowest BCUT2D eigenvalue weighted by atomic mass is 10.2. The molecule has 1 aromatic heterocycles. The number of aromatic nitrogens is 1. The summed E-state index contributed by atoms with van der Waals surface area (Å²) in [7, 11) is -7.57. The second-order valence-corrected chi connectivity index (χ2v) is 9.26. The Bertz CT molecular complexity index is 1150. The quantitative estimate of drug-likeness (QED) is 0.610. The monoisotopic (exact) mass is 421 g/mol. The van der Waals surface area contributed by atoms with Crippen molar-refractivity contribution in [1.29, 1.82) is 0 Å². The summed E-state index contributed by atoms with van der Waals surface area (Å²) < 4.78 is 66.8. The van der Waals surface area contributed by atoms with Gasteiger partial charge in [-0.2, -0.15) is 0 Å². The summed E-state index contributed by atoms with van der Waals surface area (Å²) in [6, 6.07) is 13.5. The van der Waals surface area contributed by atoms with Crippen LogP contribution in [0.2, 0.25) is 0 Å². The lowest BCUT2D eigenvalue weighted by Gasteiger charge is -2.10. The minimum atomic E-state index is -3.83. The largest absolute Gasteiger partial charge is 0.283 e. The first-order valence-corrected chi connectivity index (χ1v) is 11.1. The number of nitrogens with one attached hydrogen (secondary N) is 2. The van der Waals surface area contributed by atoms with Gasteiger partial charge in [-0.05, 0) is 54.1 Å². The number of rotatable bonds is 7. The van der Waals surface area contributed by atoms with Gasteiger partial charge < -0.3 is 0 Å². The fourth-order valence-corrected chi connectivity index (χ4v) is 4.60. The molecule has 0 saturated carbocycles. The van der Waals surface area contributed by atoms with Crippen molar-refractivity contribution < 1.29 is 21.2 Å². The Labute approximate surface area is 162 Å². The third-order valence-electron chi connectivity index (χ3n) is 3.62. The van der Waals surface area contributed by atoms with Gasteiger partial charge in [0.15, 0.2) is 0 Å². The second-order valence-electron chi connectivity index (χ2n) is 5.86. The molecule has 0 fully saturated rings. The fourth-order valence-electron chi connectivity index (χ4n) is 2.36. The van der Waals surface area contributed by atoms with Gasteiger partial charge in [-0.15, -0.1) is 0 Å². The van der Waals surface area contributed by atoms with Gasteiger partial charge in [0.2, 0.25) is 10.0 Å². The van der Waals surface area contributed by atoms with E-state index in [0.717, 1.165) is 0 Å². The molecular weight excluding hydrogens is 405 g/mol. The zero-order chi connectivity index (χ0) is 20.2. The number of benzene rings is 2. The van der Waals surface area contributed by atoms with E-state index < -0.39 is 25.9 Å². The molecule has 0 atom stereocenters. The third kappa shape index (κ3) is 5.27. The Balaban J connectivity index is 1.70. The zero-order valence-corrected chi connectivity index (χ0v) is 16.0.